The lowest BCUT2D eigenvalue weighted by atomic mass is 10.1. The van der Waals surface area contributed by atoms with Crippen LogP contribution in [0.2, 0.25) is 5.15 Å². The van der Waals surface area contributed by atoms with Gasteiger partial charge in [-0.15, -0.1) is 0 Å². The molecule has 1 aromatic heterocycles. The Morgan fingerprint density at radius 3 is 2.15 bits per heavy atom. The molecular weight excluding hydrogens is 289 g/mol. The SMILES string of the molecule is CN(C)c1ccc(-c2cc(C(F)(F)F)cc(Cl)n2)cc1. The first kappa shape index (κ1) is 14.7. The first-order chi connectivity index (χ1) is 9.27. The summed E-state index contributed by atoms with van der Waals surface area (Å²) in [5.74, 6) is 0. The van der Waals surface area contributed by atoms with Crippen LogP contribution in [-0.2, 0) is 6.18 Å². The summed E-state index contributed by atoms with van der Waals surface area (Å²) in [6.45, 7) is 0. The van der Waals surface area contributed by atoms with Crippen LogP contribution in [0.25, 0.3) is 11.3 Å². The Balaban J connectivity index is 2.44. The number of aromatic nitrogens is 1. The minimum atomic E-state index is -4.44. The molecule has 2 rings (SSSR count). The molecule has 0 amide bonds. The van der Waals surface area contributed by atoms with Gasteiger partial charge >= 0.3 is 6.18 Å². The molecule has 1 aromatic carbocycles. The molecule has 0 saturated carbocycles. The molecule has 0 fully saturated rings. The van der Waals surface area contributed by atoms with Crippen molar-refractivity contribution in [3.8, 4) is 11.3 Å². The first-order valence-electron chi connectivity index (χ1n) is 5.80. The molecular formula is C14H12ClF3N2. The fraction of sp³-hybridized carbons (Fsp3) is 0.214. The fourth-order valence-corrected chi connectivity index (χ4v) is 1.95. The molecule has 0 N–H and O–H groups in total. The van der Waals surface area contributed by atoms with E-state index in [4.69, 9.17) is 11.6 Å². The van der Waals surface area contributed by atoms with Crippen molar-refractivity contribution < 1.29 is 13.2 Å². The monoisotopic (exact) mass is 300 g/mol. The van der Waals surface area contributed by atoms with Gasteiger partial charge in [0.1, 0.15) is 5.15 Å². The molecule has 0 saturated heterocycles. The van der Waals surface area contributed by atoms with Gasteiger partial charge in [0.2, 0.25) is 0 Å². The predicted octanol–water partition coefficient (Wildman–Crippen LogP) is 4.49. The zero-order chi connectivity index (χ0) is 14.9. The van der Waals surface area contributed by atoms with Crippen LogP contribution in [0.1, 0.15) is 5.56 Å². The highest BCUT2D eigenvalue weighted by atomic mass is 35.5. The molecule has 0 radical (unpaired) electrons. The number of hydrogen-bond donors (Lipinski definition) is 0. The van der Waals surface area contributed by atoms with Gasteiger partial charge in [-0.25, -0.2) is 4.98 Å². The summed E-state index contributed by atoms with van der Waals surface area (Å²) in [5, 5.41) is -0.175. The van der Waals surface area contributed by atoms with E-state index in [9.17, 15) is 13.2 Å². The maximum atomic E-state index is 12.7. The Labute approximate surface area is 119 Å². The van der Waals surface area contributed by atoms with Gasteiger partial charge < -0.3 is 4.90 Å². The van der Waals surface area contributed by atoms with Crippen molar-refractivity contribution in [1.82, 2.24) is 4.98 Å². The van der Waals surface area contributed by atoms with E-state index in [-0.39, 0.29) is 10.8 Å². The summed E-state index contributed by atoms with van der Waals surface area (Å²) in [7, 11) is 3.77. The van der Waals surface area contributed by atoms with E-state index >= 15 is 0 Å². The second-order valence-electron chi connectivity index (χ2n) is 4.50. The maximum Gasteiger partial charge on any atom is 0.416 e. The lowest BCUT2D eigenvalue weighted by Gasteiger charge is -2.13. The van der Waals surface area contributed by atoms with E-state index < -0.39 is 11.7 Å². The second-order valence-corrected chi connectivity index (χ2v) is 4.89. The van der Waals surface area contributed by atoms with Crippen LogP contribution in [0.5, 0.6) is 0 Å². The predicted molar refractivity (Wildman–Crippen MR) is 74.0 cm³/mol. The van der Waals surface area contributed by atoms with E-state index in [0.717, 1.165) is 17.8 Å². The molecule has 0 bridgehead atoms. The van der Waals surface area contributed by atoms with Crippen molar-refractivity contribution >= 4 is 17.3 Å². The van der Waals surface area contributed by atoms with Gasteiger partial charge in [0.15, 0.2) is 0 Å². The maximum absolute atomic E-state index is 12.7. The van der Waals surface area contributed by atoms with E-state index in [0.29, 0.717) is 5.56 Å². The smallest absolute Gasteiger partial charge is 0.378 e. The number of anilines is 1. The van der Waals surface area contributed by atoms with Crippen molar-refractivity contribution in [2.24, 2.45) is 0 Å². The molecule has 0 unspecified atom stereocenters. The lowest BCUT2D eigenvalue weighted by Crippen LogP contribution is -2.08. The Hall–Kier alpha value is -1.75. The highest BCUT2D eigenvalue weighted by Gasteiger charge is 2.31. The van der Waals surface area contributed by atoms with Crippen molar-refractivity contribution in [3.63, 3.8) is 0 Å². The van der Waals surface area contributed by atoms with Crippen LogP contribution in [-0.4, -0.2) is 19.1 Å². The lowest BCUT2D eigenvalue weighted by molar-refractivity contribution is -0.137. The molecule has 0 spiro atoms. The summed E-state index contributed by atoms with van der Waals surface area (Å²) >= 11 is 5.67. The van der Waals surface area contributed by atoms with Gasteiger partial charge in [-0.05, 0) is 24.3 Å². The molecule has 6 heteroatoms. The van der Waals surface area contributed by atoms with Crippen LogP contribution in [0, 0.1) is 0 Å². The normalized spacial score (nSPS) is 11.5. The van der Waals surface area contributed by atoms with Crippen LogP contribution in [0.15, 0.2) is 36.4 Å². The average Bonchev–Trinajstić information content (AvgIpc) is 2.37. The molecule has 20 heavy (non-hydrogen) atoms. The Morgan fingerprint density at radius 2 is 1.65 bits per heavy atom. The van der Waals surface area contributed by atoms with E-state index in [1.165, 1.54) is 0 Å². The van der Waals surface area contributed by atoms with Crippen LogP contribution < -0.4 is 4.90 Å². The number of benzene rings is 1. The average molecular weight is 301 g/mol. The number of alkyl halides is 3. The summed E-state index contributed by atoms with van der Waals surface area (Å²) in [6.07, 6.45) is -4.44. The van der Waals surface area contributed by atoms with Gasteiger partial charge in [-0.2, -0.15) is 13.2 Å². The van der Waals surface area contributed by atoms with Crippen LogP contribution in [0.3, 0.4) is 0 Å². The van der Waals surface area contributed by atoms with Gasteiger partial charge in [0, 0.05) is 25.3 Å². The number of halogens is 4. The number of hydrogen-bond acceptors (Lipinski definition) is 2. The number of nitrogens with zero attached hydrogens (tertiary/aromatic N) is 2. The van der Waals surface area contributed by atoms with E-state index in [2.05, 4.69) is 4.98 Å². The molecule has 0 aliphatic heterocycles. The zero-order valence-corrected chi connectivity index (χ0v) is 11.6. The molecule has 0 aliphatic rings. The van der Waals surface area contributed by atoms with Crippen LogP contribution in [0.4, 0.5) is 18.9 Å². The Morgan fingerprint density at radius 1 is 1.05 bits per heavy atom. The van der Waals surface area contributed by atoms with Crippen molar-refractivity contribution in [2.75, 3.05) is 19.0 Å². The first-order valence-corrected chi connectivity index (χ1v) is 6.18. The van der Waals surface area contributed by atoms with Crippen molar-refractivity contribution in [3.05, 3.63) is 47.1 Å². The van der Waals surface area contributed by atoms with E-state index in [1.54, 1.807) is 12.1 Å². The third kappa shape index (κ3) is 3.22. The zero-order valence-electron chi connectivity index (χ0n) is 10.9. The topological polar surface area (TPSA) is 16.1 Å². The standard InChI is InChI=1S/C14H12ClF3N2/c1-20(2)11-5-3-9(4-6-11)12-7-10(14(16,17)18)8-13(15)19-12/h3-8H,1-2H3. The number of rotatable bonds is 2. The largest absolute Gasteiger partial charge is 0.416 e. The molecule has 2 nitrogen and oxygen atoms in total. The van der Waals surface area contributed by atoms with Crippen LogP contribution >= 0.6 is 11.6 Å². The molecule has 1 heterocycles. The summed E-state index contributed by atoms with van der Waals surface area (Å²) < 4.78 is 38.2. The van der Waals surface area contributed by atoms with Gasteiger partial charge in [-0.1, -0.05) is 23.7 Å². The minimum Gasteiger partial charge on any atom is -0.378 e. The molecule has 106 valence electrons. The Kier molecular flexibility index (Phi) is 3.90. The van der Waals surface area contributed by atoms with Gasteiger partial charge in [-0.3, -0.25) is 0 Å². The highest BCUT2D eigenvalue weighted by Crippen LogP contribution is 2.33. The van der Waals surface area contributed by atoms with Crippen molar-refractivity contribution in [2.45, 2.75) is 6.18 Å². The summed E-state index contributed by atoms with van der Waals surface area (Å²) in [6, 6.07) is 8.87. The molecule has 0 atom stereocenters. The number of pyridine rings is 1. The van der Waals surface area contributed by atoms with Gasteiger partial charge in [0.25, 0.3) is 0 Å². The second kappa shape index (κ2) is 5.32. The quantitative estimate of drug-likeness (QED) is 0.760. The highest BCUT2D eigenvalue weighted by molar-refractivity contribution is 6.29. The molecule has 2 aromatic rings. The van der Waals surface area contributed by atoms with Gasteiger partial charge in [0.05, 0.1) is 11.3 Å². The summed E-state index contributed by atoms with van der Waals surface area (Å²) in [5.41, 5.74) is 0.940. The Bertz CT molecular complexity index is 607. The fourth-order valence-electron chi connectivity index (χ4n) is 1.74. The van der Waals surface area contributed by atoms with E-state index in [1.807, 2.05) is 31.1 Å². The third-order valence-electron chi connectivity index (χ3n) is 2.80. The third-order valence-corrected chi connectivity index (χ3v) is 2.99. The molecule has 0 aliphatic carbocycles. The minimum absolute atomic E-state index is 0.175. The summed E-state index contributed by atoms with van der Waals surface area (Å²) in [4.78, 5) is 5.84. The van der Waals surface area contributed by atoms with Crippen molar-refractivity contribution in [1.29, 1.82) is 0 Å².